The van der Waals surface area contributed by atoms with Crippen LogP contribution in [0.2, 0.25) is 0 Å². The molecule has 0 aliphatic rings. The minimum absolute atomic E-state index is 0.429. The molecular weight excluding hydrogens is 254 g/mol. The summed E-state index contributed by atoms with van der Waals surface area (Å²) in [4.78, 5) is 7.40. The Morgan fingerprint density at radius 3 is 2.79 bits per heavy atom. The smallest absolute Gasteiger partial charge is 0.203 e. The van der Waals surface area contributed by atoms with Crippen LogP contribution in [-0.2, 0) is 6.42 Å². The summed E-state index contributed by atoms with van der Waals surface area (Å²) in [5.74, 6) is 1.00. The second-order valence-corrected chi connectivity index (χ2v) is 6.48. The predicted octanol–water partition coefficient (Wildman–Crippen LogP) is 4.19. The fraction of sp³-hybridized carbons (Fsp3) is 0.533. The third-order valence-corrected chi connectivity index (χ3v) is 4.18. The Morgan fingerprint density at radius 2 is 2.16 bits per heavy atom. The van der Waals surface area contributed by atoms with E-state index in [9.17, 15) is 0 Å². The van der Waals surface area contributed by atoms with Crippen LogP contribution in [0.1, 0.15) is 41.8 Å². The first-order valence-electron chi connectivity index (χ1n) is 6.94. The molecule has 2 aromatic rings. The van der Waals surface area contributed by atoms with Crippen molar-refractivity contribution in [2.45, 2.75) is 46.6 Å². The number of nitrogens with one attached hydrogen (secondary N) is 1. The van der Waals surface area contributed by atoms with Gasteiger partial charge < -0.3 is 9.88 Å². The summed E-state index contributed by atoms with van der Waals surface area (Å²) in [6.45, 7) is 9.61. The molecule has 0 bridgehead atoms. The fourth-order valence-electron chi connectivity index (χ4n) is 2.20. The van der Waals surface area contributed by atoms with Crippen LogP contribution >= 0.6 is 11.3 Å². The zero-order valence-corrected chi connectivity index (χ0v) is 13.0. The van der Waals surface area contributed by atoms with E-state index in [1.165, 1.54) is 9.75 Å². The number of hydrogen-bond acceptors (Lipinski definition) is 3. The van der Waals surface area contributed by atoms with E-state index in [1.54, 1.807) is 0 Å². The average molecular weight is 277 g/mol. The maximum Gasteiger partial charge on any atom is 0.203 e. The number of hydrogen-bond donors (Lipinski definition) is 1. The number of anilines is 1. The van der Waals surface area contributed by atoms with Gasteiger partial charge in [-0.3, -0.25) is 0 Å². The Morgan fingerprint density at radius 1 is 1.37 bits per heavy atom. The molecule has 2 rings (SSSR count). The second-order valence-electron chi connectivity index (χ2n) is 5.11. The third kappa shape index (κ3) is 3.60. The van der Waals surface area contributed by atoms with Gasteiger partial charge in [0.15, 0.2) is 0 Å². The van der Waals surface area contributed by atoms with E-state index in [4.69, 9.17) is 0 Å². The van der Waals surface area contributed by atoms with Crippen molar-refractivity contribution in [3.63, 3.8) is 0 Å². The number of aryl methyl sites for hydroxylation is 2. The third-order valence-electron chi connectivity index (χ3n) is 3.15. The Labute approximate surface area is 119 Å². The molecule has 1 unspecified atom stereocenters. The maximum atomic E-state index is 4.57. The molecule has 0 saturated heterocycles. The van der Waals surface area contributed by atoms with Gasteiger partial charge in [-0.2, -0.15) is 0 Å². The summed E-state index contributed by atoms with van der Waals surface area (Å²) in [5, 5.41) is 3.41. The van der Waals surface area contributed by atoms with Gasteiger partial charge in [-0.15, -0.1) is 11.3 Å². The molecular formula is C15H23N3S. The highest BCUT2D eigenvalue weighted by Crippen LogP contribution is 2.24. The molecule has 0 amide bonds. The van der Waals surface area contributed by atoms with Crippen LogP contribution in [0, 0.1) is 13.8 Å². The van der Waals surface area contributed by atoms with Crippen LogP contribution in [-0.4, -0.2) is 16.1 Å². The average Bonchev–Trinajstić information content (AvgIpc) is 2.93. The zero-order chi connectivity index (χ0) is 13.8. The van der Waals surface area contributed by atoms with Gasteiger partial charge >= 0.3 is 0 Å². The first kappa shape index (κ1) is 14.1. The van der Waals surface area contributed by atoms with Gasteiger partial charge in [-0.25, -0.2) is 4.98 Å². The monoisotopic (exact) mass is 277 g/mol. The van der Waals surface area contributed by atoms with Crippen molar-refractivity contribution in [3.8, 4) is 0 Å². The summed E-state index contributed by atoms with van der Waals surface area (Å²) < 4.78 is 2.26. The zero-order valence-electron chi connectivity index (χ0n) is 12.2. The van der Waals surface area contributed by atoms with Crippen LogP contribution in [0.15, 0.2) is 18.3 Å². The normalized spacial score (nSPS) is 12.6. The SMILES string of the molecule is CCCNc1nc(C)cn1C(C)Cc1ccc(C)s1. The van der Waals surface area contributed by atoms with E-state index in [-0.39, 0.29) is 0 Å². The maximum absolute atomic E-state index is 4.57. The van der Waals surface area contributed by atoms with Crippen LogP contribution in [0.25, 0.3) is 0 Å². The summed E-state index contributed by atoms with van der Waals surface area (Å²) in [6.07, 6.45) is 4.32. The molecule has 1 atom stereocenters. The van der Waals surface area contributed by atoms with Crippen molar-refractivity contribution in [2.75, 3.05) is 11.9 Å². The van der Waals surface area contributed by atoms with E-state index in [2.05, 4.69) is 60.9 Å². The molecule has 0 fully saturated rings. The molecule has 3 nitrogen and oxygen atoms in total. The molecule has 19 heavy (non-hydrogen) atoms. The first-order chi connectivity index (χ1) is 9.10. The molecule has 0 radical (unpaired) electrons. The van der Waals surface area contributed by atoms with Crippen molar-refractivity contribution in [1.29, 1.82) is 0 Å². The molecule has 0 spiro atoms. The van der Waals surface area contributed by atoms with Crippen LogP contribution in [0.3, 0.4) is 0 Å². The lowest BCUT2D eigenvalue weighted by Crippen LogP contribution is -2.12. The van der Waals surface area contributed by atoms with E-state index < -0.39 is 0 Å². The van der Waals surface area contributed by atoms with Gasteiger partial charge in [0.25, 0.3) is 0 Å². The minimum Gasteiger partial charge on any atom is -0.356 e. The van der Waals surface area contributed by atoms with E-state index in [0.717, 1.165) is 31.0 Å². The van der Waals surface area contributed by atoms with Crippen molar-refractivity contribution in [1.82, 2.24) is 9.55 Å². The van der Waals surface area contributed by atoms with E-state index in [1.807, 2.05) is 11.3 Å². The van der Waals surface area contributed by atoms with Crippen molar-refractivity contribution < 1.29 is 0 Å². The van der Waals surface area contributed by atoms with Gasteiger partial charge in [0.05, 0.1) is 5.69 Å². The Bertz CT molecular complexity index is 527. The van der Waals surface area contributed by atoms with Gasteiger partial charge in [-0.05, 0) is 39.3 Å². The molecule has 4 heteroatoms. The number of imidazole rings is 1. The molecule has 0 aliphatic carbocycles. The van der Waals surface area contributed by atoms with Crippen LogP contribution in [0.4, 0.5) is 5.95 Å². The Hall–Kier alpha value is -1.29. The van der Waals surface area contributed by atoms with Gasteiger partial charge in [0.1, 0.15) is 0 Å². The van der Waals surface area contributed by atoms with Gasteiger partial charge in [0, 0.05) is 35.0 Å². The van der Waals surface area contributed by atoms with Crippen LogP contribution in [0.5, 0.6) is 0 Å². The lowest BCUT2D eigenvalue weighted by atomic mass is 10.2. The summed E-state index contributed by atoms with van der Waals surface area (Å²) in [5.41, 5.74) is 1.08. The summed E-state index contributed by atoms with van der Waals surface area (Å²) >= 11 is 1.89. The molecule has 104 valence electrons. The fourth-order valence-corrected chi connectivity index (χ4v) is 3.21. The number of nitrogens with zero attached hydrogens (tertiary/aromatic N) is 2. The Balaban J connectivity index is 2.11. The largest absolute Gasteiger partial charge is 0.356 e. The minimum atomic E-state index is 0.429. The molecule has 2 aromatic heterocycles. The molecule has 0 aromatic carbocycles. The predicted molar refractivity (Wildman–Crippen MR) is 83.2 cm³/mol. The number of rotatable bonds is 6. The topological polar surface area (TPSA) is 29.9 Å². The number of aromatic nitrogens is 2. The van der Waals surface area contributed by atoms with Gasteiger partial charge in [-0.1, -0.05) is 6.92 Å². The summed E-state index contributed by atoms with van der Waals surface area (Å²) in [7, 11) is 0. The van der Waals surface area contributed by atoms with Crippen molar-refractivity contribution in [2.24, 2.45) is 0 Å². The van der Waals surface area contributed by atoms with Crippen molar-refractivity contribution in [3.05, 3.63) is 33.8 Å². The molecule has 1 N–H and O–H groups in total. The van der Waals surface area contributed by atoms with E-state index >= 15 is 0 Å². The van der Waals surface area contributed by atoms with E-state index in [0.29, 0.717) is 6.04 Å². The van der Waals surface area contributed by atoms with Crippen molar-refractivity contribution >= 4 is 17.3 Å². The lowest BCUT2D eigenvalue weighted by Gasteiger charge is -2.16. The highest BCUT2D eigenvalue weighted by Gasteiger charge is 2.13. The molecule has 0 saturated carbocycles. The lowest BCUT2D eigenvalue weighted by molar-refractivity contribution is 0.552. The van der Waals surface area contributed by atoms with Crippen LogP contribution < -0.4 is 5.32 Å². The second kappa shape index (κ2) is 6.24. The molecule has 0 aliphatic heterocycles. The summed E-state index contributed by atoms with van der Waals surface area (Å²) in [6, 6.07) is 4.86. The van der Waals surface area contributed by atoms with Gasteiger partial charge in [0.2, 0.25) is 5.95 Å². The highest BCUT2D eigenvalue weighted by atomic mass is 32.1. The first-order valence-corrected chi connectivity index (χ1v) is 7.76. The number of thiophene rings is 1. The molecule has 2 heterocycles. The Kier molecular flexibility index (Phi) is 4.64. The highest BCUT2D eigenvalue weighted by molar-refractivity contribution is 7.11. The quantitative estimate of drug-likeness (QED) is 0.858. The standard InChI is InChI=1S/C15H23N3S/c1-5-8-16-15-17-11(2)10-18(15)12(3)9-14-7-6-13(4)19-14/h6-7,10,12H,5,8-9H2,1-4H3,(H,16,17).